The van der Waals surface area contributed by atoms with Crippen LogP contribution in [-0.4, -0.2) is 65.8 Å². The van der Waals surface area contributed by atoms with Crippen molar-refractivity contribution in [3.8, 4) is 0 Å². The molecule has 144 valence electrons. The number of carboxylic acids is 1. The number of carbonyl (C=O) groups excluding carboxylic acids is 3. The Hall–Kier alpha value is -1.85. The second-order valence-corrected chi connectivity index (χ2v) is 5.85. The maximum absolute atomic E-state index is 11.9. The SMILES string of the molecule is CC(NC(=O)C(CS)NC(=O)CNC(=O)C(N)CCCCN)C(=O)O. The number of hydrogen-bond acceptors (Lipinski definition) is 7. The molecule has 0 bridgehead atoms. The lowest BCUT2D eigenvalue weighted by Crippen LogP contribution is -2.54. The molecule has 0 fully saturated rings. The lowest BCUT2D eigenvalue weighted by Gasteiger charge is -2.18. The first kappa shape index (κ1) is 23.1. The van der Waals surface area contributed by atoms with Crippen LogP contribution < -0.4 is 27.4 Å². The van der Waals surface area contributed by atoms with Crippen molar-refractivity contribution >= 4 is 36.3 Å². The zero-order chi connectivity index (χ0) is 19.4. The van der Waals surface area contributed by atoms with Crippen LogP contribution in [0.1, 0.15) is 26.2 Å². The second-order valence-electron chi connectivity index (χ2n) is 5.48. The molecule has 0 aliphatic heterocycles. The molecule has 3 amide bonds. The van der Waals surface area contributed by atoms with Crippen molar-refractivity contribution in [2.24, 2.45) is 11.5 Å². The largest absolute Gasteiger partial charge is 0.480 e. The zero-order valence-corrected chi connectivity index (χ0v) is 15.1. The number of thiol groups is 1. The topological polar surface area (TPSA) is 177 Å². The first-order valence-corrected chi connectivity index (χ1v) is 8.52. The van der Waals surface area contributed by atoms with Crippen molar-refractivity contribution in [3.63, 3.8) is 0 Å². The quantitative estimate of drug-likeness (QED) is 0.146. The van der Waals surface area contributed by atoms with E-state index in [0.29, 0.717) is 19.4 Å². The molecule has 0 aliphatic carbocycles. The molecule has 0 aromatic carbocycles. The number of carboxylic acid groups (broad SMARTS) is 1. The van der Waals surface area contributed by atoms with Gasteiger partial charge in [-0.25, -0.2) is 0 Å². The van der Waals surface area contributed by atoms with Crippen molar-refractivity contribution in [1.29, 1.82) is 0 Å². The number of nitrogens with one attached hydrogen (secondary N) is 3. The molecule has 3 atom stereocenters. The van der Waals surface area contributed by atoms with Gasteiger partial charge in [-0.3, -0.25) is 19.2 Å². The number of rotatable bonds is 12. The number of carbonyl (C=O) groups is 4. The van der Waals surface area contributed by atoms with Crippen LogP contribution in [0.3, 0.4) is 0 Å². The molecule has 3 unspecified atom stereocenters. The van der Waals surface area contributed by atoms with Crippen LogP contribution >= 0.6 is 12.6 Å². The van der Waals surface area contributed by atoms with Crippen LogP contribution in [0.15, 0.2) is 0 Å². The molecule has 25 heavy (non-hydrogen) atoms. The molecule has 0 rings (SSSR count). The molecule has 0 saturated carbocycles. The molecule has 0 spiro atoms. The van der Waals surface area contributed by atoms with Crippen molar-refractivity contribution in [1.82, 2.24) is 16.0 Å². The van der Waals surface area contributed by atoms with Crippen LogP contribution in [0.2, 0.25) is 0 Å². The predicted molar refractivity (Wildman–Crippen MR) is 94.9 cm³/mol. The Labute approximate surface area is 151 Å². The Morgan fingerprint density at radius 1 is 1.12 bits per heavy atom. The Morgan fingerprint density at radius 3 is 2.28 bits per heavy atom. The highest BCUT2D eigenvalue weighted by Gasteiger charge is 2.23. The number of aliphatic carboxylic acids is 1. The average molecular weight is 377 g/mol. The maximum Gasteiger partial charge on any atom is 0.325 e. The van der Waals surface area contributed by atoms with Crippen molar-refractivity contribution in [2.75, 3.05) is 18.8 Å². The number of hydrogen-bond donors (Lipinski definition) is 7. The van der Waals surface area contributed by atoms with Gasteiger partial charge in [0, 0.05) is 5.75 Å². The Bertz CT molecular complexity index is 477. The average Bonchev–Trinajstić information content (AvgIpc) is 2.57. The van der Waals surface area contributed by atoms with Gasteiger partial charge >= 0.3 is 5.97 Å². The van der Waals surface area contributed by atoms with E-state index in [1.807, 2.05) is 0 Å². The normalized spacial score (nSPS) is 14.1. The van der Waals surface area contributed by atoms with E-state index in [2.05, 4.69) is 28.6 Å². The van der Waals surface area contributed by atoms with E-state index < -0.39 is 41.8 Å². The summed E-state index contributed by atoms with van der Waals surface area (Å²) in [6.45, 7) is 1.46. The minimum Gasteiger partial charge on any atom is -0.480 e. The standard InChI is InChI=1S/C14H27N5O5S/c1-8(14(23)24)18-13(22)10(7-25)19-11(20)6-17-12(21)9(16)4-2-3-5-15/h8-10,25H,2-7,15-16H2,1H3,(H,17,21)(H,18,22)(H,19,20)(H,23,24). The fourth-order valence-corrected chi connectivity index (χ4v) is 2.01. The third kappa shape index (κ3) is 9.89. The van der Waals surface area contributed by atoms with Crippen LogP contribution in [0.5, 0.6) is 0 Å². The highest BCUT2D eigenvalue weighted by Crippen LogP contribution is 1.98. The van der Waals surface area contributed by atoms with Gasteiger partial charge in [0.25, 0.3) is 0 Å². The lowest BCUT2D eigenvalue weighted by molar-refractivity contribution is -0.141. The van der Waals surface area contributed by atoms with Gasteiger partial charge in [0.05, 0.1) is 12.6 Å². The van der Waals surface area contributed by atoms with Crippen LogP contribution in [-0.2, 0) is 19.2 Å². The molecule has 0 radical (unpaired) electrons. The third-order valence-electron chi connectivity index (χ3n) is 3.29. The summed E-state index contributed by atoms with van der Waals surface area (Å²) in [6, 6.07) is -2.86. The van der Waals surface area contributed by atoms with Gasteiger partial charge < -0.3 is 32.5 Å². The summed E-state index contributed by atoms with van der Waals surface area (Å²) in [6.07, 6.45) is 1.93. The van der Waals surface area contributed by atoms with E-state index >= 15 is 0 Å². The minimum absolute atomic E-state index is 0.0313. The Balaban J connectivity index is 4.30. The molecular formula is C14H27N5O5S. The fourth-order valence-electron chi connectivity index (χ4n) is 1.75. The second kappa shape index (κ2) is 12.5. The van der Waals surface area contributed by atoms with Crippen molar-refractivity contribution in [2.45, 2.75) is 44.3 Å². The first-order chi connectivity index (χ1) is 11.7. The van der Waals surface area contributed by atoms with Gasteiger partial charge in [0.1, 0.15) is 12.1 Å². The maximum atomic E-state index is 11.9. The minimum atomic E-state index is -1.20. The van der Waals surface area contributed by atoms with E-state index in [4.69, 9.17) is 16.6 Å². The van der Waals surface area contributed by atoms with Crippen LogP contribution in [0, 0.1) is 0 Å². The zero-order valence-electron chi connectivity index (χ0n) is 14.2. The van der Waals surface area contributed by atoms with Gasteiger partial charge in [0.15, 0.2) is 0 Å². The number of nitrogens with two attached hydrogens (primary N) is 2. The number of unbranched alkanes of at least 4 members (excludes halogenated alkanes) is 1. The molecule has 0 aromatic heterocycles. The van der Waals surface area contributed by atoms with E-state index in [1.54, 1.807) is 0 Å². The molecule has 0 heterocycles. The monoisotopic (exact) mass is 377 g/mol. The fraction of sp³-hybridized carbons (Fsp3) is 0.714. The Kier molecular flexibility index (Phi) is 11.6. The van der Waals surface area contributed by atoms with E-state index in [-0.39, 0.29) is 12.3 Å². The van der Waals surface area contributed by atoms with E-state index in [9.17, 15) is 19.2 Å². The summed E-state index contributed by atoms with van der Waals surface area (Å²) in [4.78, 5) is 46.1. The van der Waals surface area contributed by atoms with Crippen molar-refractivity contribution < 1.29 is 24.3 Å². The molecule has 0 saturated heterocycles. The predicted octanol–water partition coefficient (Wildman–Crippen LogP) is -2.44. The smallest absolute Gasteiger partial charge is 0.325 e. The van der Waals surface area contributed by atoms with Crippen LogP contribution in [0.25, 0.3) is 0 Å². The van der Waals surface area contributed by atoms with E-state index in [0.717, 1.165) is 6.42 Å². The first-order valence-electron chi connectivity index (χ1n) is 7.89. The highest BCUT2D eigenvalue weighted by molar-refractivity contribution is 7.80. The summed E-state index contributed by atoms with van der Waals surface area (Å²) >= 11 is 3.95. The molecule has 8 N–H and O–H groups in total. The van der Waals surface area contributed by atoms with Gasteiger partial charge in [0.2, 0.25) is 17.7 Å². The number of amides is 3. The molecule has 11 heteroatoms. The third-order valence-corrected chi connectivity index (χ3v) is 3.66. The Morgan fingerprint density at radius 2 is 1.76 bits per heavy atom. The lowest BCUT2D eigenvalue weighted by atomic mass is 10.1. The molecule has 10 nitrogen and oxygen atoms in total. The van der Waals surface area contributed by atoms with E-state index in [1.165, 1.54) is 6.92 Å². The molecule has 0 aliphatic rings. The van der Waals surface area contributed by atoms with Gasteiger partial charge in [-0.05, 0) is 26.3 Å². The summed E-state index contributed by atoms with van der Waals surface area (Å²) in [5.41, 5.74) is 11.0. The van der Waals surface area contributed by atoms with Gasteiger partial charge in [-0.15, -0.1) is 0 Å². The van der Waals surface area contributed by atoms with Gasteiger partial charge in [-0.1, -0.05) is 6.42 Å². The van der Waals surface area contributed by atoms with Crippen molar-refractivity contribution in [3.05, 3.63) is 0 Å². The summed E-state index contributed by atoms with van der Waals surface area (Å²) in [7, 11) is 0. The summed E-state index contributed by atoms with van der Waals surface area (Å²) < 4.78 is 0. The van der Waals surface area contributed by atoms with Gasteiger partial charge in [-0.2, -0.15) is 12.6 Å². The highest BCUT2D eigenvalue weighted by atomic mass is 32.1. The summed E-state index contributed by atoms with van der Waals surface area (Å²) in [5, 5.41) is 15.7. The molecular weight excluding hydrogens is 350 g/mol. The van der Waals surface area contributed by atoms with Crippen LogP contribution in [0.4, 0.5) is 0 Å². The summed E-state index contributed by atoms with van der Waals surface area (Å²) in [5.74, 6) is -2.99. The molecule has 0 aromatic rings.